The number of aromatic nitrogens is 1. The summed E-state index contributed by atoms with van der Waals surface area (Å²) in [4.78, 5) is 14.1. The molecule has 1 aromatic rings. The Kier molecular flexibility index (Phi) is 3.99. The number of likely N-dealkylation sites (tertiary alicyclic amines) is 1. The predicted octanol–water partition coefficient (Wildman–Crippen LogP) is 1.38. The van der Waals surface area contributed by atoms with Crippen LogP contribution in [-0.4, -0.2) is 52.5 Å². The zero-order valence-corrected chi connectivity index (χ0v) is 12.4. The van der Waals surface area contributed by atoms with E-state index < -0.39 is 11.7 Å². The van der Waals surface area contributed by atoms with Gasteiger partial charge in [-0.3, -0.25) is 4.79 Å². The summed E-state index contributed by atoms with van der Waals surface area (Å²) in [6, 6.07) is 1.70. The second-order valence-electron chi connectivity index (χ2n) is 5.96. The number of ether oxygens (including phenoxy) is 1. The number of aliphatic hydroxyl groups excluding tert-OH is 1. The van der Waals surface area contributed by atoms with Crippen molar-refractivity contribution < 1.29 is 19.2 Å². The molecule has 116 valence electrons. The van der Waals surface area contributed by atoms with Crippen molar-refractivity contribution in [1.82, 2.24) is 10.1 Å². The van der Waals surface area contributed by atoms with Gasteiger partial charge in [-0.2, -0.15) is 0 Å². The van der Waals surface area contributed by atoms with E-state index in [0.29, 0.717) is 31.8 Å². The molecule has 0 aromatic carbocycles. The van der Waals surface area contributed by atoms with Crippen molar-refractivity contribution in [2.75, 3.05) is 19.7 Å². The Morgan fingerprint density at radius 2 is 2.43 bits per heavy atom. The zero-order valence-electron chi connectivity index (χ0n) is 12.4. The highest BCUT2D eigenvalue weighted by Gasteiger charge is 2.46. The number of nitrogens with zero attached hydrogens (tertiary/aromatic N) is 2. The van der Waals surface area contributed by atoms with Crippen LogP contribution in [0.1, 0.15) is 48.9 Å². The van der Waals surface area contributed by atoms with E-state index in [-0.39, 0.29) is 5.91 Å². The van der Waals surface area contributed by atoms with Crippen LogP contribution in [0.15, 0.2) is 10.6 Å². The number of rotatable bonds is 3. The van der Waals surface area contributed by atoms with Gasteiger partial charge in [0.05, 0.1) is 5.60 Å². The zero-order chi connectivity index (χ0) is 14.9. The summed E-state index contributed by atoms with van der Waals surface area (Å²) in [5.41, 5.74) is -0.109. The number of aliphatic hydroxyl groups is 1. The molecule has 0 aliphatic carbocycles. The summed E-state index contributed by atoms with van der Waals surface area (Å²) in [6.45, 7) is 3.64. The van der Waals surface area contributed by atoms with Crippen LogP contribution in [0.5, 0.6) is 0 Å². The van der Waals surface area contributed by atoms with Crippen molar-refractivity contribution in [1.29, 1.82) is 0 Å². The quantitative estimate of drug-likeness (QED) is 0.911. The molecule has 2 fully saturated rings. The van der Waals surface area contributed by atoms with E-state index in [4.69, 9.17) is 9.26 Å². The molecule has 2 saturated heterocycles. The van der Waals surface area contributed by atoms with E-state index >= 15 is 0 Å². The molecule has 3 heterocycles. The largest absolute Gasteiger partial charge is 0.388 e. The highest BCUT2D eigenvalue weighted by atomic mass is 16.5. The number of β-amino-alcohol motifs (C(OH)–C–C–N with tert-alkyl or cyclic N) is 1. The summed E-state index contributed by atoms with van der Waals surface area (Å²) in [5.74, 6) is 0.557. The third kappa shape index (κ3) is 2.70. The van der Waals surface area contributed by atoms with Gasteiger partial charge in [0.25, 0.3) is 5.91 Å². The minimum atomic E-state index is -0.625. The summed E-state index contributed by atoms with van der Waals surface area (Å²) in [7, 11) is 0. The third-order valence-electron chi connectivity index (χ3n) is 4.50. The van der Waals surface area contributed by atoms with E-state index in [9.17, 15) is 9.90 Å². The lowest BCUT2D eigenvalue weighted by molar-refractivity contribution is -0.123. The molecule has 3 rings (SSSR count). The molecule has 1 N–H and O–H groups in total. The van der Waals surface area contributed by atoms with Gasteiger partial charge in [0.15, 0.2) is 5.69 Å². The number of hydrogen-bond donors (Lipinski definition) is 1. The van der Waals surface area contributed by atoms with E-state index in [0.717, 1.165) is 31.4 Å². The van der Waals surface area contributed by atoms with Crippen molar-refractivity contribution in [3.8, 4) is 0 Å². The Morgan fingerprint density at radius 1 is 1.57 bits per heavy atom. The summed E-state index contributed by atoms with van der Waals surface area (Å²) in [6.07, 6.45) is 3.64. The molecule has 0 unspecified atom stereocenters. The van der Waals surface area contributed by atoms with Crippen molar-refractivity contribution >= 4 is 5.91 Å². The first kappa shape index (κ1) is 14.5. The molecule has 0 saturated carbocycles. The van der Waals surface area contributed by atoms with Gasteiger partial charge in [-0.1, -0.05) is 12.1 Å². The number of hydrogen-bond acceptors (Lipinski definition) is 5. The van der Waals surface area contributed by atoms with Gasteiger partial charge in [0.1, 0.15) is 11.9 Å². The molecular weight excluding hydrogens is 272 g/mol. The highest BCUT2D eigenvalue weighted by molar-refractivity contribution is 5.92. The predicted molar refractivity (Wildman–Crippen MR) is 74.9 cm³/mol. The second-order valence-corrected chi connectivity index (χ2v) is 5.96. The molecule has 1 aromatic heterocycles. The maximum absolute atomic E-state index is 12.4. The van der Waals surface area contributed by atoms with Crippen LogP contribution < -0.4 is 0 Å². The molecule has 21 heavy (non-hydrogen) atoms. The smallest absolute Gasteiger partial charge is 0.276 e. The van der Waals surface area contributed by atoms with Crippen LogP contribution in [0.25, 0.3) is 0 Å². The van der Waals surface area contributed by atoms with Crippen molar-refractivity contribution in [2.24, 2.45) is 0 Å². The monoisotopic (exact) mass is 294 g/mol. The standard InChI is InChI=1S/C15H22N2O4/c1-2-4-11-9-12(16-21-11)14(19)17-7-6-15(13(18)10-17)5-3-8-20-15/h9,13,18H,2-8,10H2,1H3/t13-,15-/m0/s1. The highest BCUT2D eigenvalue weighted by Crippen LogP contribution is 2.36. The molecule has 2 aliphatic rings. The molecule has 1 spiro atoms. The molecule has 2 aliphatic heterocycles. The molecule has 1 amide bonds. The fourth-order valence-corrected chi connectivity index (χ4v) is 3.26. The lowest BCUT2D eigenvalue weighted by atomic mass is 9.86. The molecular formula is C15H22N2O4. The Hall–Kier alpha value is -1.40. The third-order valence-corrected chi connectivity index (χ3v) is 4.50. The van der Waals surface area contributed by atoms with Gasteiger partial charge in [-0.05, 0) is 25.7 Å². The Bertz CT molecular complexity index is 508. The van der Waals surface area contributed by atoms with E-state index in [1.54, 1.807) is 11.0 Å². The Labute approximate surface area is 124 Å². The number of aryl methyl sites for hydroxylation is 1. The van der Waals surface area contributed by atoms with Gasteiger partial charge in [-0.15, -0.1) is 0 Å². The molecule has 2 atom stereocenters. The number of amides is 1. The maximum Gasteiger partial charge on any atom is 0.276 e. The van der Waals surface area contributed by atoms with E-state index in [1.165, 1.54) is 0 Å². The van der Waals surface area contributed by atoms with Crippen LogP contribution >= 0.6 is 0 Å². The minimum Gasteiger partial charge on any atom is -0.388 e. The van der Waals surface area contributed by atoms with Gasteiger partial charge in [0.2, 0.25) is 0 Å². The first-order valence-electron chi connectivity index (χ1n) is 7.71. The molecule has 6 heteroatoms. The van der Waals surface area contributed by atoms with Crippen LogP contribution in [0.3, 0.4) is 0 Å². The van der Waals surface area contributed by atoms with Crippen molar-refractivity contribution in [3.63, 3.8) is 0 Å². The fourth-order valence-electron chi connectivity index (χ4n) is 3.26. The Morgan fingerprint density at radius 3 is 3.10 bits per heavy atom. The normalized spacial score (nSPS) is 29.2. The van der Waals surface area contributed by atoms with Crippen LogP contribution in [-0.2, 0) is 11.2 Å². The van der Waals surface area contributed by atoms with Crippen LogP contribution in [0.4, 0.5) is 0 Å². The SMILES string of the molecule is CCCc1cc(C(=O)N2CC[C@@]3(CCCO3)[C@@H](O)C2)no1. The first-order valence-corrected chi connectivity index (χ1v) is 7.71. The van der Waals surface area contributed by atoms with Gasteiger partial charge >= 0.3 is 0 Å². The topological polar surface area (TPSA) is 75.8 Å². The summed E-state index contributed by atoms with van der Waals surface area (Å²) < 4.78 is 10.9. The molecule has 0 radical (unpaired) electrons. The summed E-state index contributed by atoms with van der Waals surface area (Å²) >= 11 is 0. The van der Waals surface area contributed by atoms with Crippen molar-refractivity contribution in [2.45, 2.75) is 50.7 Å². The number of carbonyl (C=O) groups is 1. The first-order chi connectivity index (χ1) is 10.1. The minimum absolute atomic E-state index is 0.173. The van der Waals surface area contributed by atoms with Gasteiger partial charge in [-0.25, -0.2) is 0 Å². The molecule has 0 bridgehead atoms. The van der Waals surface area contributed by atoms with E-state index in [2.05, 4.69) is 5.16 Å². The van der Waals surface area contributed by atoms with E-state index in [1.807, 2.05) is 6.92 Å². The number of carbonyl (C=O) groups excluding carboxylic acids is 1. The van der Waals surface area contributed by atoms with Crippen LogP contribution in [0.2, 0.25) is 0 Å². The summed E-state index contributed by atoms with van der Waals surface area (Å²) in [5, 5.41) is 14.2. The molecule has 6 nitrogen and oxygen atoms in total. The lowest BCUT2D eigenvalue weighted by Gasteiger charge is -2.42. The second kappa shape index (κ2) is 5.77. The lowest BCUT2D eigenvalue weighted by Crippen LogP contribution is -2.56. The fraction of sp³-hybridized carbons (Fsp3) is 0.733. The maximum atomic E-state index is 12.4. The average Bonchev–Trinajstić information content (AvgIpc) is 3.12. The van der Waals surface area contributed by atoms with Crippen LogP contribution in [0, 0.1) is 0 Å². The average molecular weight is 294 g/mol. The van der Waals surface area contributed by atoms with Gasteiger partial charge < -0.3 is 19.3 Å². The number of piperidine rings is 1. The Balaban J connectivity index is 1.66. The van der Waals surface area contributed by atoms with Crippen molar-refractivity contribution in [3.05, 3.63) is 17.5 Å². The van der Waals surface area contributed by atoms with Gasteiger partial charge in [0, 0.05) is 32.2 Å².